The van der Waals surface area contributed by atoms with Crippen molar-refractivity contribution in [2.45, 2.75) is 25.4 Å². The number of nitrogens with zero attached hydrogens (tertiary/aromatic N) is 3. The van der Waals surface area contributed by atoms with Crippen LogP contribution in [0.2, 0.25) is 0 Å². The lowest BCUT2D eigenvalue weighted by Gasteiger charge is -2.19. The SMILES string of the molecule is CNC(=O)C[C@H]1CN(C(=O)c2ccnc(N3CCCC3)c2)C[C@@H]1OC. The monoisotopic (exact) mass is 346 g/mol. The summed E-state index contributed by atoms with van der Waals surface area (Å²) < 4.78 is 5.50. The first kappa shape index (κ1) is 17.7. The second kappa shape index (κ2) is 7.82. The summed E-state index contributed by atoms with van der Waals surface area (Å²) >= 11 is 0. The maximum atomic E-state index is 12.9. The molecule has 0 radical (unpaired) electrons. The van der Waals surface area contributed by atoms with Crippen molar-refractivity contribution in [1.82, 2.24) is 15.2 Å². The Labute approximate surface area is 148 Å². The fourth-order valence-corrected chi connectivity index (χ4v) is 3.66. The van der Waals surface area contributed by atoms with Crippen molar-refractivity contribution >= 4 is 17.6 Å². The van der Waals surface area contributed by atoms with E-state index in [1.807, 2.05) is 6.07 Å². The van der Waals surface area contributed by atoms with Crippen LogP contribution in [-0.2, 0) is 9.53 Å². The topological polar surface area (TPSA) is 74.8 Å². The molecule has 3 rings (SSSR count). The Bertz CT molecular complexity index is 631. The number of ether oxygens (including phenoxy) is 1. The Morgan fingerprint density at radius 2 is 2.08 bits per heavy atom. The molecule has 7 heteroatoms. The van der Waals surface area contributed by atoms with Gasteiger partial charge in [0.1, 0.15) is 5.82 Å². The van der Waals surface area contributed by atoms with E-state index in [4.69, 9.17) is 4.74 Å². The minimum Gasteiger partial charge on any atom is -0.379 e. The van der Waals surface area contributed by atoms with Crippen molar-refractivity contribution in [1.29, 1.82) is 0 Å². The van der Waals surface area contributed by atoms with Crippen LogP contribution in [0.15, 0.2) is 18.3 Å². The molecule has 1 aromatic heterocycles. The zero-order chi connectivity index (χ0) is 17.8. The first-order valence-electron chi connectivity index (χ1n) is 8.86. The molecule has 136 valence electrons. The average molecular weight is 346 g/mol. The van der Waals surface area contributed by atoms with E-state index in [9.17, 15) is 9.59 Å². The molecule has 2 saturated heterocycles. The maximum absolute atomic E-state index is 12.9. The predicted octanol–water partition coefficient (Wildman–Crippen LogP) is 0.905. The molecule has 25 heavy (non-hydrogen) atoms. The van der Waals surface area contributed by atoms with Crippen molar-refractivity contribution < 1.29 is 14.3 Å². The number of carbonyl (C=O) groups is 2. The van der Waals surface area contributed by atoms with Crippen LogP contribution in [-0.4, -0.2) is 68.1 Å². The lowest BCUT2D eigenvalue weighted by atomic mass is 10.0. The van der Waals surface area contributed by atoms with Gasteiger partial charge in [-0.15, -0.1) is 0 Å². The molecule has 1 N–H and O–H groups in total. The molecule has 0 unspecified atom stereocenters. The van der Waals surface area contributed by atoms with Gasteiger partial charge in [0.25, 0.3) is 5.91 Å². The van der Waals surface area contributed by atoms with E-state index >= 15 is 0 Å². The zero-order valence-corrected chi connectivity index (χ0v) is 14.9. The summed E-state index contributed by atoms with van der Waals surface area (Å²) in [7, 11) is 3.26. The molecule has 0 bridgehead atoms. The molecule has 0 aliphatic carbocycles. The lowest BCUT2D eigenvalue weighted by molar-refractivity contribution is -0.122. The van der Waals surface area contributed by atoms with Crippen molar-refractivity contribution in [3.8, 4) is 0 Å². The molecule has 2 amide bonds. The zero-order valence-electron chi connectivity index (χ0n) is 14.9. The summed E-state index contributed by atoms with van der Waals surface area (Å²) in [5, 5.41) is 2.64. The molecular formula is C18H26N4O3. The Morgan fingerprint density at radius 1 is 1.32 bits per heavy atom. The summed E-state index contributed by atoms with van der Waals surface area (Å²) in [6.07, 6.45) is 4.30. The normalized spacial score (nSPS) is 23.1. The van der Waals surface area contributed by atoms with E-state index in [0.29, 0.717) is 25.1 Å². The van der Waals surface area contributed by atoms with Crippen LogP contribution < -0.4 is 10.2 Å². The molecule has 2 fully saturated rings. The second-order valence-corrected chi connectivity index (χ2v) is 6.72. The molecule has 7 nitrogen and oxygen atoms in total. The van der Waals surface area contributed by atoms with Crippen LogP contribution in [0.4, 0.5) is 5.82 Å². The second-order valence-electron chi connectivity index (χ2n) is 6.72. The third-order valence-corrected chi connectivity index (χ3v) is 5.12. The fourth-order valence-electron chi connectivity index (χ4n) is 3.66. The number of anilines is 1. The van der Waals surface area contributed by atoms with Crippen LogP contribution in [0.25, 0.3) is 0 Å². The quantitative estimate of drug-likeness (QED) is 0.858. The Balaban J connectivity index is 1.70. The minimum atomic E-state index is -0.110. The van der Waals surface area contributed by atoms with Crippen LogP contribution in [0, 0.1) is 5.92 Å². The van der Waals surface area contributed by atoms with E-state index in [2.05, 4.69) is 15.2 Å². The lowest BCUT2D eigenvalue weighted by Crippen LogP contribution is -2.30. The van der Waals surface area contributed by atoms with Crippen LogP contribution >= 0.6 is 0 Å². The molecule has 2 atom stereocenters. The highest BCUT2D eigenvalue weighted by atomic mass is 16.5. The molecule has 2 aliphatic heterocycles. The molecular weight excluding hydrogens is 320 g/mol. The minimum absolute atomic E-state index is 0.0220. The maximum Gasteiger partial charge on any atom is 0.254 e. The number of methoxy groups -OCH3 is 1. The molecule has 0 spiro atoms. The fraction of sp³-hybridized carbons (Fsp3) is 0.611. The summed E-state index contributed by atoms with van der Waals surface area (Å²) in [5.74, 6) is 0.840. The summed E-state index contributed by atoms with van der Waals surface area (Å²) in [6, 6.07) is 3.64. The summed E-state index contributed by atoms with van der Waals surface area (Å²) in [5.41, 5.74) is 0.646. The van der Waals surface area contributed by atoms with E-state index < -0.39 is 0 Å². The van der Waals surface area contributed by atoms with Gasteiger partial charge in [0.15, 0.2) is 0 Å². The highest BCUT2D eigenvalue weighted by Gasteiger charge is 2.36. The van der Waals surface area contributed by atoms with Gasteiger partial charge in [0.05, 0.1) is 6.10 Å². The van der Waals surface area contributed by atoms with Gasteiger partial charge in [-0.25, -0.2) is 4.98 Å². The van der Waals surface area contributed by atoms with Crippen molar-refractivity contribution in [2.24, 2.45) is 5.92 Å². The number of likely N-dealkylation sites (tertiary alicyclic amines) is 1. The standard InChI is InChI=1S/C18H26N4O3/c1-19-17(23)10-14-11-22(12-15(14)25-2)18(24)13-5-6-20-16(9-13)21-7-3-4-8-21/h5-6,9,14-15H,3-4,7-8,10-12H2,1-2H3,(H,19,23)/t14-,15-/m0/s1. The highest BCUT2D eigenvalue weighted by molar-refractivity contribution is 5.95. The number of hydrogen-bond acceptors (Lipinski definition) is 5. The van der Waals surface area contributed by atoms with Gasteiger partial charge >= 0.3 is 0 Å². The van der Waals surface area contributed by atoms with Crippen molar-refractivity contribution in [3.05, 3.63) is 23.9 Å². The number of pyridine rings is 1. The number of amides is 2. The van der Waals surface area contributed by atoms with E-state index in [0.717, 1.165) is 18.9 Å². The third-order valence-electron chi connectivity index (χ3n) is 5.12. The number of aromatic nitrogens is 1. The third kappa shape index (κ3) is 3.92. The molecule has 0 aromatic carbocycles. The van der Waals surface area contributed by atoms with E-state index in [1.165, 1.54) is 12.8 Å². The van der Waals surface area contributed by atoms with Crippen LogP contribution in [0.5, 0.6) is 0 Å². The highest BCUT2D eigenvalue weighted by Crippen LogP contribution is 2.25. The van der Waals surface area contributed by atoms with Gasteiger partial charge in [0.2, 0.25) is 5.91 Å². The predicted molar refractivity (Wildman–Crippen MR) is 94.6 cm³/mol. The van der Waals surface area contributed by atoms with Gasteiger partial charge in [-0.3, -0.25) is 9.59 Å². The Kier molecular flexibility index (Phi) is 5.53. The first-order valence-corrected chi connectivity index (χ1v) is 8.86. The van der Waals surface area contributed by atoms with Gasteiger partial charge in [-0.1, -0.05) is 0 Å². The Hall–Kier alpha value is -2.15. The number of rotatable bonds is 5. The molecule has 2 aliphatic rings. The summed E-state index contributed by atoms with van der Waals surface area (Å²) in [6.45, 7) is 3.03. The van der Waals surface area contributed by atoms with Gasteiger partial charge < -0.3 is 19.9 Å². The van der Waals surface area contributed by atoms with E-state index in [-0.39, 0.29) is 23.8 Å². The van der Waals surface area contributed by atoms with E-state index in [1.54, 1.807) is 31.3 Å². The van der Waals surface area contributed by atoms with Gasteiger partial charge in [-0.2, -0.15) is 0 Å². The smallest absolute Gasteiger partial charge is 0.254 e. The van der Waals surface area contributed by atoms with Crippen molar-refractivity contribution in [3.63, 3.8) is 0 Å². The first-order chi connectivity index (χ1) is 12.1. The molecule has 0 saturated carbocycles. The van der Waals surface area contributed by atoms with Crippen LogP contribution in [0.1, 0.15) is 29.6 Å². The van der Waals surface area contributed by atoms with Gasteiger partial charge in [0, 0.05) is 64.4 Å². The molecule has 3 heterocycles. The van der Waals surface area contributed by atoms with Crippen molar-refractivity contribution in [2.75, 3.05) is 45.2 Å². The average Bonchev–Trinajstić information content (AvgIpc) is 3.31. The molecule has 1 aromatic rings. The Morgan fingerprint density at radius 3 is 2.76 bits per heavy atom. The number of nitrogens with one attached hydrogen (secondary N) is 1. The largest absolute Gasteiger partial charge is 0.379 e. The van der Waals surface area contributed by atoms with Gasteiger partial charge in [-0.05, 0) is 25.0 Å². The number of hydrogen-bond donors (Lipinski definition) is 1. The van der Waals surface area contributed by atoms with Crippen LogP contribution in [0.3, 0.4) is 0 Å². The number of carbonyl (C=O) groups excluding carboxylic acids is 2. The summed E-state index contributed by atoms with van der Waals surface area (Å²) in [4.78, 5) is 33.0.